The van der Waals surface area contributed by atoms with E-state index in [9.17, 15) is 22.0 Å². The largest absolute Gasteiger partial charge is 0.486 e. The fourth-order valence-electron chi connectivity index (χ4n) is 3.75. The highest BCUT2D eigenvalue weighted by Crippen LogP contribution is 2.42. The smallest absolute Gasteiger partial charge is 0.418 e. The maximum Gasteiger partial charge on any atom is 0.418 e. The zero-order valence-electron chi connectivity index (χ0n) is 18.1. The lowest BCUT2D eigenvalue weighted by Gasteiger charge is -2.31. The summed E-state index contributed by atoms with van der Waals surface area (Å²) in [5.74, 6) is -1.29. The fourth-order valence-corrected chi connectivity index (χ4v) is 3.75. The maximum absolute atomic E-state index is 14.7. The van der Waals surface area contributed by atoms with E-state index in [1.165, 1.54) is 23.5 Å². The minimum atomic E-state index is -4.78. The van der Waals surface area contributed by atoms with Crippen molar-refractivity contribution >= 4 is 23.1 Å². The first-order chi connectivity index (χ1) is 16.7. The number of benzene rings is 2. The Bertz CT molecular complexity index is 1400. The molecule has 0 aliphatic carbocycles. The molecule has 1 N–H and O–H groups in total. The van der Waals surface area contributed by atoms with Crippen molar-refractivity contribution in [2.24, 2.45) is 0 Å². The first kappa shape index (κ1) is 22.6. The Morgan fingerprint density at radius 3 is 2.54 bits per heavy atom. The SMILES string of the molecule is Cc1cn(-c2ccc(Nc3ncc4c(n3)N(c3ccc(F)cc3C(F)(F)F)CCO4)cc2F)cn1. The maximum atomic E-state index is 14.7. The van der Waals surface area contributed by atoms with Gasteiger partial charge in [0.25, 0.3) is 0 Å². The zero-order chi connectivity index (χ0) is 24.7. The number of aryl methyl sites for hydroxylation is 1. The average Bonchev–Trinajstić information content (AvgIpc) is 3.24. The van der Waals surface area contributed by atoms with Gasteiger partial charge in [0, 0.05) is 11.9 Å². The number of alkyl halides is 3. The summed E-state index contributed by atoms with van der Waals surface area (Å²) in [4.78, 5) is 13.8. The van der Waals surface area contributed by atoms with E-state index in [2.05, 4.69) is 20.3 Å². The van der Waals surface area contributed by atoms with Crippen LogP contribution in [0.4, 0.5) is 45.1 Å². The van der Waals surface area contributed by atoms with Crippen LogP contribution in [0.25, 0.3) is 5.69 Å². The van der Waals surface area contributed by atoms with Gasteiger partial charge in [0.15, 0.2) is 11.6 Å². The molecule has 3 heterocycles. The quantitative estimate of drug-likeness (QED) is 0.381. The number of imidazole rings is 1. The van der Waals surface area contributed by atoms with Crippen LogP contribution < -0.4 is 15.0 Å². The molecule has 0 saturated heterocycles. The molecule has 0 atom stereocenters. The van der Waals surface area contributed by atoms with Crippen molar-refractivity contribution in [2.75, 3.05) is 23.4 Å². The van der Waals surface area contributed by atoms with Crippen LogP contribution in [-0.2, 0) is 6.18 Å². The summed E-state index contributed by atoms with van der Waals surface area (Å²) < 4.78 is 76.2. The minimum absolute atomic E-state index is 0.0144. The van der Waals surface area contributed by atoms with Gasteiger partial charge in [-0.1, -0.05) is 0 Å². The molecule has 0 radical (unpaired) electrons. The van der Waals surface area contributed by atoms with Gasteiger partial charge >= 0.3 is 6.18 Å². The number of rotatable bonds is 4. The highest BCUT2D eigenvalue weighted by atomic mass is 19.4. The molecule has 0 unspecified atom stereocenters. The summed E-state index contributed by atoms with van der Waals surface area (Å²) in [7, 11) is 0. The topological polar surface area (TPSA) is 68.1 Å². The van der Waals surface area contributed by atoms with Crippen molar-refractivity contribution in [1.29, 1.82) is 0 Å². The second-order valence-electron chi connectivity index (χ2n) is 7.75. The minimum Gasteiger partial charge on any atom is -0.486 e. The lowest BCUT2D eigenvalue weighted by Crippen LogP contribution is -2.31. The van der Waals surface area contributed by atoms with E-state index >= 15 is 0 Å². The van der Waals surface area contributed by atoms with Crippen LogP contribution in [0.2, 0.25) is 0 Å². The standard InChI is InChI=1S/C23H17F5N6O/c1-13-11-33(12-30-13)19-5-3-15(9-17(19)25)31-22-29-10-20-21(32-22)34(6-7-35-20)18-4-2-14(24)8-16(18)23(26,27)28/h2-5,8-12H,6-7H2,1H3,(H,29,31,32). The molecule has 1 aliphatic heterocycles. The summed E-state index contributed by atoms with van der Waals surface area (Å²) in [5, 5.41) is 2.85. The third-order valence-corrected chi connectivity index (χ3v) is 5.31. The van der Waals surface area contributed by atoms with Gasteiger partial charge in [0.2, 0.25) is 5.95 Å². The van der Waals surface area contributed by atoms with Crippen molar-refractivity contribution in [1.82, 2.24) is 19.5 Å². The van der Waals surface area contributed by atoms with E-state index in [4.69, 9.17) is 4.74 Å². The number of aromatic nitrogens is 4. The molecular formula is C23H17F5N6O. The third kappa shape index (κ3) is 4.46. The molecule has 4 aromatic rings. The Labute approximate surface area is 195 Å². The van der Waals surface area contributed by atoms with Gasteiger partial charge in [-0.25, -0.2) is 18.7 Å². The van der Waals surface area contributed by atoms with E-state index in [0.717, 1.165) is 17.8 Å². The molecule has 0 fully saturated rings. The molecule has 5 rings (SSSR count). The van der Waals surface area contributed by atoms with Crippen LogP contribution >= 0.6 is 0 Å². The van der Waals surface area contributed by atoms with Gasteiger partial charge in [-0.2, -0.15) is 18.2 Å². The predicted octanol–water partition coefficient (Wildman–Crippen LogP) is 5.54. The highest BCUT2D eigenvalue weighted by molar-refractivity contribution is 5.71. The number of nitrogens with one attached hydrogen (secondary N) is 1. The van der Waals surface area contributed by atoms with Crippen molar-refractivity contribution in [3.05, 3.63) is 78.0 Å². The van der Waals surface area contributed by atoms with Crippen LogP contribution in [0.5, 0.6) is 5.75 Å². The van der Waals surface area contributed by atoms with Crippen LogP contribution in [-0.4, -0.2) is 32.7 Å². The highest BCUT2D eigenvalue weighted by Gasteiger charge is 2.37. The Kier molecular flexibility index (Phi) is 5.50. The molecule has 7 nitrogen and oxygen atoms in total. The van der Waals surface area contributed by atoms with E-state index in [1.54, 1.807) is 29.8 Å². The van der Waals surface area contributed by atoms with Crippen molar-refractivity contribution in [2.45, 2.75) is 13.1 Å². The summed E-state index contributed by atoms with van der Waals surface area (Å²) in [6.45, 7) is 1.92. The molecule has 180 valence electrons. The molecule has 1 aliphatic rings. The van der Waals surface area contributed by atoms with E-state index in [1.807, 2.05) is 0 Å². The van der Waals surface area contributed by atoms with Crippen molar-refractivity contribution in [3.8, 4) is 11.4 Å². The Morgan fingerprint density at radius 1 is 1.03 bits per heavy atom. The molecule has 0 amide bonds. The van der Waals surface area contributed by atoms with Crippen LogP contribution in [0, 0.1) is 18.6 Å². The normalized spacial score (nSPS) is 13.4. The summed E-state index contributed by atoms with van der Waals surface area (Å²) >= 11 is 0. The molecular weight excluding hydrogens is 471 g/mol. The lowest BCUT2D eigenvalue weighted by atomic mass is 10.1. The Hall–Kier alpha value is -4.22. The molecule has 2 aromatic heterocycles. The summed E-state index contributed by atoms with van der Waals surface area (Å²) in [5.41, 5.74) is -0.0530. The lowest BCUT2D eigenvalue weighted by molar-refractivity contribution is -0.137. The number of nitrogens with zero attached hydrogens (tertiary/aromatic N) is 5. The van der Waals surface area contributed by atoms with Gasteiger partial charge in [0.05, 0.1) is 41.7 Å². The van der Waals surface area contributed by atoms with Crippen LogP contribution in [0.15, 0.2) is 55.1 Å². The zero-order valence-corrected chi connectivity index (χ0v) is 18.1. The number of anilines is 4. The number of hydrogen-bond acceptors (Lipinski definition) is 6. The monoisotopic (exact) mass is 488 g/mol. The van der Waals surface area contributed by atoms with Gasteiger partial charge in [-0.05, 0) is 43.3 Å². The van der Waals surface area contributed by atoms with Gasteiger partial charge in [-0.3, -0.25) is 0 Å². The number of hydrogen-bond donors (Lipinski definition) is 1. The first-order valence-electron chi connectivity index (χ1n) is 10.4. The fraction of sp³-hybridized carbons (Fsp3) is 0.174. The summed E-state index contributed by atoms with van der Waals surface area (Å²) in [6, 6.07) is 6.83. The van der Waals surface area contributed by atoms with Crippen LogP contribution in [0.1, 0.15) is 11.3 Å². The van der Waals surface area contributed by atoms with Gasteiger partial charge in [-0.15, -0.1) is 0 Å². The predicted molar refractivity (Wildman–Crippen MR) is 117 cm³/mol. The van der Waals surface area contributed by atoms with E-state index in [-0.39, 0.29) is 42.0 Å². The van der Waals surface area contributed by atoms with Crippen molar-refractivity contribution < 1.29 is 26.7 Å². The van der Waals surface area contributed by atoms with Crippen LogP contribution in [0.3, 0.4) is 0 Å². The molecule has 0 spiro atoms. The molecule has 2 aromatic carbocycles. The molecule has 0 saturated carbocycles. The third-order valence-electron chi connectivity index (χ3n) is 5.31. The molecule has 12 heteroatoms. The average molecular weight is 488 g/mol. The van der Waals surface area contributed by atoms with E-state index in [0.29, 0.717) is 11.8 Å². The Balaban J connectivity index is 1.47. The number of ether oxygens (including phenoxy) is 1. The number of fused-ring (bicyclic) bond motifs is 1. The summed E-state index contributed by atoms with van der Waals surface area (Å²) in [6.07, 6.45) is -0.298. The Morgan fingerprint density at radius 2 is 1.83 bits per heavy atom. The second-order valence-corrected chi connectivity index (χ2v) is 7.75. The van der Waals surface area contributed by atoms with Crippen molar-refractivity contribution in [3.63, 3.8) is 0 Å². The first-order valence-corrected chi connectivity index (χ1v) is 10.4. The van der Waals surface area contributed by atoms with E-state index < -0.39 is 23.4 Å². The second kappa shape index (κ2) is 8.53. The van der Waals surface area contributed by atoms with Gasteiger partial charge in [0.1, 0.15) is 18.2 Å². The molecule has 0 bridgehead atoms. The molecule has 35 heavy (non-hydrogen) atoms. The number of halogens is 5. The van der Waals surface area contributed by atoms with Gasteiger partial charge < -0.3 is 19.5 Å².